The van der Waals surface area contributed by atoms with Crippen molar-refractivity contribution in [3.8, 4) is 0 Å². The van der Waals surface area contributed by atoms with Gasteiger partial charge in [-0.2, -0.15) is 0 Å². The zero-order chi connectivity index (χ0) is 8.27. The minimum absolute atomic E-state index is 0.161. The van der Waals surface area contributed by atoms with Gasteiger partial charge in [-0.05, 0) is 6.92 Å². The molecule has 0 aliphatic heterocycles. The average molecular weight is 157 g/mol. The lowest BCUT2D eigenvalue weighted by molar-refractivity contribution is -0.110. The van der Waals surface area contributed by atoms with Crippen LogP contribution in [0.1, 0.15) is 20.0 Å². The predicted octanol–water partition coefficient (Wildman–Crippen LogP) is 0.950. The van der Waals surface area contributed by atoms with Crippen molar-refractivity contribution in [1.29, 1.82) is 0 Å². The smallest absolute Gasteiger partial charge is 0.207 e. The van der Waals surface area contributed by atoms with E-state index in [0.717, 1.165) is 5.69 Å². The van der Waals surface area contributed by atoms with Crippen molar-refractivity contribution in [2.45, 2.75) is 13.0 Å². The summed E-state index contributed by atoms with van der Waals surface area (Å²) < 4.78 is 6.64. The fourth-order valence-electron chi connectivity index (χ4n) is 0.598. The summed E-state index contributed by atoms with van der Waals surface area (Å²) in [7, 11) is 0. The van der Waals surface area contributed by atoms with Gasteiger partial charge < -0.3 is 5.32 Å². The van der Waals surface area contributed by atoms with Crippen molar-refractivity contribution in [1.82, 2.24) is 10.3 Å². The van der Waals surface area contributed by atoms with Crippen LogP contribution in [-0.2, 0) is 4.79 Å². The number of nitrogens with one attached hydrogen (secondary N) is 1. The Bertz CT molecular complexity index is 237. The quantitative estimate of drug-likeness (QED) is 0.649. The highest BCUT2D eigenvalue weighted by Crippen LogP contribution is 2.10. The lowest BCUT2D eigenvalue weighted by Gasteiger charge is -2.04. The van der Waals surface area contributed by atoms with Crippen molar-refractivity contribution >= 4 is 17.7 Å². The molecule has 1 aromatic heterocycles. The van der Waals surface area contributed by atoms with Gasteiger partial charge in [0.2, 0.25) is 6.39 Å². The normalized spacial score (nSPS) is 13.9. The molecular formula is C6H8N2OS. The maximum atomic E-state index is 10.3. The second kappa shape index (κ2) is 3.31. The van der Waals surface area contributed by atoms with Crippen LogP contribution in [0.2, 0.25) is 0 Å². The van der Waals surface area contributed by atoms with Gasteiger partial charge in [-0.25, -0.2) is 4.98 Å². The van der Waals surface area contributed by atoms with Gasteiger partial charge in [0.1, 0.15) is 1.37 Å². The lowest BCUT2D eigenvalue weighted by atomic mass is 10.3. The third kappa shape index (κ3) is 1.54. The Kier molecular flexibility index (Phi) is 1.94. The molecule has 0 aromatic carbocycles. The molecule has 1 unspecified atom stereocenters. The molecule has 1 N–H and O–H groups in total. The Labute approximate surface area is 64.5 Å². The summed E-state index contributed by atoms with van der Waals surface area (Å²) in [5, 5.41) is 4.26. The molecule has 0 aliphatic carbocycles. The van der Waals surface area contributed by atoms with E-state index in [1.165, 1.54) is 11.3 Å². The van der Waals surface area contributed by atoms with Gasteiger partial charge >= 0.3 is 0 Å². The number of hydrogen-bond acceptors (Lipinski definition) is 3. The van der Waals surface area contributed by atoms with Crippen molar-refractivity contribution in [3.63, 3.8) is 0 Å². The maximum absolute atomic E-state index is 10.3. The number of carbonyl (C=O) groups is 1. The van der Waals surface area contributed by atoms with Gasteiger partial charge in [-0.15, -0.1) is 11.3 Å². The number of nitrogens with zero attached hydrogens (tertiary/aromatic N) is 1. The van der Waals surface area contributed by atoms with Gasteiger partial charge in [-0.3, -0.25) is 4.79 Å². The second-order valence-corrected chi connectivity index (χ2v) is 2.60. The summed E-state index contributed by atoms with van der Waals surface area (Å²) in [5.74, 6) is 0. The Balaban J connectivity index is 2.56. The minimum Gasteiger partial charge on any atom is -0.351 e. The third-order valence-electron chi connectivity index (χ3n) is 1.17. The molecule has 1 atom stereocenters. The number of hydrogen-bond donors (Lipinski definition) is 1. The van der Waals surface area contributed by atoms with Gasteiger partial charge in [0, 0.05) is 5.38 Å². The van der Waals surface area contributed by atoms with E-state index in [2.05, 4.69) is 10.3 Å². The zero-order valence-electron chi connectivity index (χ0n) is 6.50. The first-order valence-corrected chi connectivity index (χ1v) is 3.79. The first-order valence-electron chi connectivity index (χ1n) is 3.35. The second-order valence-electron chi connectivity index (χ2n) is 1.88. The molecule has 0 saturated heterocycles. The van der Waals surface area contributed by atoms with Crippen molar-refractivity contribution in [2.24, 2.45) is 0 Å². The molecule has 4 heteroatoms. The van der Waals surface area contributed by atoms with Crippen LogP contribution >= 0.6 is 11.3 Å². The van der Waals surface area contributed by atoms with Gasteiger partial charge in [0.25, 0.3) is 0 Å². The molecule has 0 bridgehead atoms. The number of thiazole rings is 1. The number of aromatic nitrogens is 1. The summed E-state index contributed by atoms with van der Waals surface area (Å²) in [4.78, 5) is 14.3. The monoisotopic (exact) mass is 157 g/mol. The fourth-order valence-corrected chi connectivity index (χ4v) is 1.25. The van der Waals surface area contributed by atoms with Crippen molar-refractivity contribution in [3.05, 3.63) is 16.6 Å². The van der Waals surface area contributed by atoms with Crippen LogP contribution < -0.4 is 5.32 Å². The molecule has 1 heterocycles. The van der Waals surface area contributed by atoms with Gasteiger partial charge in [0.15, 0.2) is 0 Å². The number of carbonyl (C=O) groups excluding carboxylic acids is 1. The molecule has 0 saturated carbocycles. The van der Waals surface area contributed by atoms with E-state index in [4.69, 9.17) is 1.37 Å². The summed E-state index contributed by atoms with van der Waals surface area (Å²) in [6, 6.07) is -0.161. The average Bonchev–Trinajstić information content (AvgIpc) is 2.35. The number of rotatable bonds is 2. The molecule has 0 aliphatic rings. The van der Waals surface area contributed by atoms with E-state index in [-0.39, 0.29) is 6.04 Å². The molecule has 3 nitrogen and oxygen atoms in total. The summed E-state index contributed by atoms with van der Waals surface area (Å²) in [6.45, 7) is 1.79. The Morgan fingerprint density at radius 2 is 2.90 bits per heavy atom. The molecular weight excluding hydrogens is 148 g/mol. The molecule has 54 valence electrons. The molecule has 1 amide bonds. The maximum Gasteiger partial charge on any atom is 0.207 e. The van der Waals surface area contributed by atoms with Crippen LogP contribution in [0.25, 0.3) is 0 Å². The Hall–Kier alpha value is -0.900. The fraction of sp³-hybridized carbons (Fsp3) is 0.333. The van der Waals surface area contributed by atoms with Crippen LogP contribution in [0, 0.1) is 0 Å². The first-order chi connectivity index (χ1) is 5.20. The summed E-state index contributed by atoms with van der Waals surface area (Å²) >= 11 is 1.47. The van der Waals surface area contributed by atoms with E-state index >= 15 is 0 Å². The largest absolute Gasteiger partial charge is 0.351 e. The highest BCUT2D eigenvalue weighted by molar-refractivity contribution is 7.07. The van der Waals surface area contributed by atoms with Crippen molar-refractivity contribution in [2.75, 3.05) is 0 Å². The van der Waals surface area contributed by atoms with Crippen LogP contribution in [-0.4, -0.2) is 11.4 Å². The first kappa shape index (κ1) is 5.85. The van der Waals surface area contributed by atoms with E-state index < -0.39 is 6.39 Å². The van der Waals surface area contributed by atoms with Crippen LogP contribution in [0.4, 0.5) is 0 Å². The van der Waals surface area contributed by atoms with E-state index in [9.17, 15) is 4.79 Å². The summed E-state index contributed by atoms with van der Waals surface area (Å²) in [5.41, 5.74) is 2.50. The Morgan fingerprint density at radius 1 is 2.10 bits per heavy atom. The summed E-state index contributed by atoms with van der Waals surface area (Å²) in [6.07, 6.45) is -0.773. The molecule has 0 spiro atoms. The standard InChI is InChI=1S/C6H8N2OS/c1-5(7-3-9)6-2-10-4-8-6/h2-5H,1H3,(H,7,9)/i3D. The molecule has 0 fully saturated rings. The van der Waals surface area contributed by atoms with Crippen LogP contribution in [0.3, 0.4) is 0 Å². The number of amides is 1. The predicted molar refractivity (Wildman–Crippen MR) is 39.7 cm³/mol. The minimum atomic E-state index is -0.773. The highest BCUT2D eigenvalue weighted by atomic mass is 32.1. The van der Waals surface area contributed by atoms with Gasteiger partial charge in [0.05, 0.1) is 17.2 Å². The van der Waals surface area contributed by atoms with Crippen LogP contribution in [0.15, 0.2) is 10.9 Å². The van der Waals surface area contributed by atoms with E-state index in [1.54, 1.807) is 12.4 Å². The zero-order valence-corrected chi connectivity index (χ0v) is 6.31. The topological polar surface area (TPSA) is 42.0 Å². The van der Waals surface area contributed by atoms with Crippen LogP contribution in [0.5, 0.6) is 0 Å². The highest BCUT2D eigenvalue weighted by Gasteiger charge is 2.03. The third-order valence-corrected chi connectivity index (χ3v) is 1.78. The lowest BCUT2D eigenvalue weighted by Crippen LogP contribution is -2.16. The van der Waals surface area contributed by atoms with E-state index in [1.807, 2.05) is 5.38 Å². The molecule has 1 aromatic rings. The Morgan fingerprint density at radius 3 is 3.40 bits per heavy atom. The molecule has 10 heavy (non-hydrogen) atoms. The molecule has 1 rings (SSSR count). The van der Waals surface area contributed by atoms with Gasteiger partial charge in [-0.1, -0.05) is 0 Å². The SMILES string of the molecule is [2H]C(=O)NC(C)c1cscn1. The van der Waals surface area contributed by atoms with Crippen molar-refractivity contribution < 1.29 is 6.17 Å². The van der Waals surface area contributed by atoms with E-state index in [0.29, 0.717) is 0 Å². The molecule has 0 radical (unpaired) electrons.